The molecule has 0 unspecified atom stereocenters. The summed E-state index contributed by atoms with van der Waals surface area (Å²) in [7, 11) is 1.71. The first-order chi connectivity index (χ1) is 9.02. The van der Waals surface area contributed by atoms with Gasteiger partial charge in [-0.25, -0.2) is 0 Å². The summed E-state index contributed by atoms with van der Waals surface area (Å²) >= 11 is 7.69. The van der Waals surface area contributed by atoms with Gasteiger partial charge >= 0.3 is 0 Å². The Bertz CT molecular complexity index is 624. The number of halogens is 1. The molecule has 2 rings (SSSR count). The zero-order valence-electron chi connectivity index (χ0n) is 10.9. The van der Waals surface area contributed by atoms with Gasteiger partial charge in [-0.15, -0.1) is 11.8 Å². The van der Waals surface area contributed by atoms with Gasteiger partial charge in [0.05, 0.1) is 11.3 Å². The van der Waals surface area contributed by atoms with Crippen LogP contribution < -0.4 is 5.32 Å². The Morgan fingerprint density at radius 3 is 2.79 bits per heavy atom. The normalized spacial score (nSPS) is 10.5. The van der Waals surface area contributed by atoms with Crippen molar-refractivity contribution >= 4 is 35.0 Å². The third-order valence-electron chi connectivity index (χ3n) is 2.71. The predicted octanol–water partition coefficient (Wildman–Crippen LogP) is 3.36. The molecule has 0 saturated heterocycles. The van der Waals surface area contributed by atoms with E-state index in [1.165, 1.54) is 4.68 Å². The number of amides is 1. The fraction of sp³-hybridized carbons (Fsp3) is 0.231. The molecule has 0 atom stereocenters. The number of hydrogen-bond acceptors (Lipinski definition) is 3. The predicted molar refractivity (Wildman–Crippen MR) is 79.1 cm³/mol. The summed E-state index contributed by atoms with van der Waals surface area (Å²) in [6.07, 6.45) is 1.99. The van der Waals surface area contributed by atoms with Crippen molar-refractivity contribution < 1.29 is 4.79 Å². The second-order valence-corrected chi connectivity index (χ2v) is 5.30. The maximum Gasteiger partial charge on any atom is 0.260 e. The van der Waals surface area contributed by atoms with Gasteiger partial charge in [-0.05, 0) is 31.4 Å². The van der Waals surface area contributed by atoms with E-state index in [0.29, 0.717) is 16.4 Å². The minimum Gasteiger partial charge on any atom is -0.322 e. The topological polar surface area (TPSA) is 46.9 Å². The molecule has 0 aliphatic rings. The molecule has 1 amide bonds. The fourth-order valence-corrected chi connectivity index (χ4v) is 2.50. The third-order valence-corrected chi connectivity index (χ3v) is 3.87. The van der Waals surface area contributed by atoms with Crippen LogP contribution in [0.3, 0.4) is 0 Å². The van der Waals surface area contributed by atoms with Gasteiger partial charge < -0.3 is 5.32 Å². The molecule has 100 valence electrons. The zero-order valence-corrected chi connectivity index (χ0v) is 12.5. The second-order valence-electron chi connectivity index (χ2n) is 4.06. The van der Waals surface area contributed by atoms with Gasteiger partial charge in [-0.1, -0.05) is 17.7 Å². The zero-order chi connectivity index (χ0) is 14.0. The highest BCUT2D eigenvalue weighted by atomic mass is 35.5. The van der Waals surface area contributed by atoms with Crippen LogP contribution in [0.5, 0.6) is 0 Å². The number of nitrogens with one attached hydrogen (secondary N) is 1. The number of thioether (sulfide) groups is 1. The van der Waals surface area contributed by atoms with E-state index < -0.39 is 0 Å². The molecule has 2 aromatic rings. The quantitative estimate of drug-likeness (QED) is 0.883. The van der Waals surface area contributed by atoms with Crippen LogP contribution >= 0.6 is 23.4 Å². The Morgan fingerprint density at radius 1 is 1.47 bits per heavy atom. The van der Waals surface area contributed by atoms with Crippen molar-refractivity contribution in [3.05, 3.63) is 40.7 Å². The van der Waals surface area contributed by atoms with E-state index in [-0.39, 0.29) is 5.91 Å². The first kappa shape index (κ1) is 14.0. The van der Waals surface area contributed by atoms with Crippen molar-refractivity contribution in [3.8, 4) is 0 Å². The summed E-state index contributed by atoms with van der Waals surface area (Å²) in [4.78, 5) is 13.3. The van der Waals surface area contributed by atoms with Gasteiger partial charge in [0.1, 0.15) is 5.15 Å². The molecule has 4 nitrogen and oxygen atoms in total. The largest absolute Gasteiger partial charge is 0.322 e. The monoisotopic (exact) mass is 295 g/mol. The maximum atomic E-state index is 12.2. The number of anilines is 1. The Balaban J connectivity index is 2.25. The molecular weight excluding hydrogens is 282 g/mol. The lowest BCUT2D eigenvalue weighted by Crippen LogP contribution is -2.13. The van der Waals surface area contributed by atoms with Gasteiger partial charge in [0.25, 0.3) is 5.91 Å². The summed E-state index contributed by atoms with van der Waals surface area (Å²) in [5, 5.41) is 7.31. The van der Waals surface area contributed by atoms with Crippen LogP contribution in [0.15, 0.2) is 29.2 Å². The number of aryl methyl sites for hydroxylation is 2. The number of carbonyl (C=O) groups excluding carboxylic acids is 1. The highest BCUT2D eigenvalue weighted by Crippen LogP contribution is 2.22. The molecule has 0 saturated carbocycles. The van der Waals surface area contributed by atoms with Gasteiger partial charge in [-0.2, -0.15) is 5.10 Å². The van der Waals surface area contributed by atoms with Gasteiger partial charge in [0.15, 0.2) is 0 Å². The molecule has 0 spiro atoms. The van der Waals surface area contributed by atoms with Crippen molar-refractivity contribution in [2.45, 2.75) is 11.8 Å². The number of carbonyl (C=O) groups is 1. The van der Waals surface area contributed by atoms with Crippen molar-refractivity contribution in [3.63, 3.8) is 0 Å². The Labute approximate surface area is 121 Å². The first-order valence-electron chi connectivity index (χ1n) is 5.67. The summed E-state index contributed by atoms with van der Waals surface area (Å²) in [6.45, 7) is 1.76. The fourth-order valence-electron chi connectivity index (χ4n) is 1.78. The highest BCUT2D eigenvalue weighted by molar-refractivity contribution is 7.98. The standard InChI is InChI=1S/C13H14ClN3OS/c1-8-11(12(14)17(2)16-8)13(18)15-9-5-4-6-10(7-9)19-3/h4-7H,1-3H3,(H,15,18). The highest BCUT2D eigenvalue weighted by Gasteiger charge is 2.18. The number of aromatic nitrogens is 2. The van der Waals surface area contributed by atoms with Crippen molar-refractivity contribution in [1.82, 2.24) is 9.78 Å². The van der Waals surface area contributed by atoms with E-state index in [0.717, 1.165) is 10.6 Å². The first-order valence-corrected chi connectivity index (χ1v) is 7.27. The Morgan fingerprint density at radius 2 is 2.21 bits per heavy atom. The number of nitrogens with zero attached hydrogens (tertiary/aromatic N) is 2. The lowest BCUT2D eigenvalue weighted by molar-refractivity contribution is 0.102. The summed E-state index contributed by atoms with van der Waals surface area (Å²) in [5.41, 5.74) is 1.78. The summed E-state index contributed by atoms with van der Waals surface area (Å²) in [5.74, 6) is -0.242. The van der Waals surface area contributed by atoms with Crippen LogP contribution in [-0.4, -0.2) is 21.9 Å². The van der Waals surface area contributed by atoms with Crippen LogP contribution in [0.1, 0.15) is 16.1 Å². The molecule has 1 aromatic heterocycles. The van der Waals surface area contributed by atoms with Crippen LogP contribution in [0, 0.1) is 6.92 Å². The molecule has 19 heavy (non-hydrogen) atoms. The number of benzene rings is 1. The van der Waals surface area contributed by atoms with Crippen LogP contribution in [0.4, 0.5) is 5.69 Å². The van der Waals surface area contributed by atoms with Gasteiger partial charge in [-0.3, -0.25) is 9.48 Å². The summed E-state index contributed by atoms with van der Waals surface area (Å²) < 4.78 is 1.49. The molecule has 1 aromatic carbocycles. The minimum atomic E-state index is -0.242. The molecule has 0 radical (unpaired) electrons. The Kier molecular flexibility index (Phi) is 4.17. The van der Waals surface area contributed by atoms with Crippen molar-refractivity contribution in [2.75, 3.05) is 11.6 Å². The summed E-state index contributed by atoms with van der Waals surface area (Å²) in [6, 6.07) is 7.65. The molecular formula is C13H14ClN3OS. The average Bonchev–Trinajstić information content (AvgIpc) is 2.63. The molecule has 6 heteroatoms. The minimum absolute atomic E-state index is 0.242. The molecule has 1 heterocycles. The van der Waals surface area contributed by atoms with E-state index in [1.54, 1.807) is 25.7 Å². The second kappa shape index (κ2) is 5.67. The van der Waals surface area contributed by atoms with E-state index in [9.17, 15) is 4.79 Å². The van der Waals surface area contributed by atoms with Crippen LogP contribution in [0.25, 0.3) is 0 Å². The average molecular weight is 296 g/mol. The molecule has 0 aliphatic heterocycles. The van der Waals surface area contributed by atoms with Gasteiger partial charge in [0, 0.05) is 17.6 Å². The number of hydrogen-bond donors (Lipinski definition) is 1. The van der Waals surface area contributed by atoms with Gasteiger partial charge in [0.2, 0.25) is 0 Å². The smallest absolute Gasteiger partial charge is 0.260 e. The van der Waals surface area contributed by atoms with Crippen LogP contribution in [0.2, 0.25) is 5.15 Å². The lowest BCUT2D eigenvalue weighted by Gasteiger charge is -2.06. The van der Waals surface area contributed by atoms with E-state index in [4.69, 9.17) is 11.6 Å². The van der Waals surface area contributed by atoms with E-state index in [2.05, 4.69) is 10.4 Å². The van der Waals surface area contributed by atoms with Crippen molar-refractivity contribution in [1.29, 1.82) is 0 Å². The third kappa shape index (κ3) is 2.93. The SMILES string of the molecule is CSc1cccc(NC(=O)c2c(C)nn(C)c2Cl)c1. The molecule has 0 bridgehead atoms. The Hall–Kier alpha value is -1.46. The van der Waals surface area contributed by atoms with E-state index >= 15 is 0 Å². The van der Waals surface area contributed by atoms with Crippen molar-refractivity contribution in [2.24, 2.45) is 7.05 Å². The molecule has 0 fully saturated rings. The molecule has 1 N–H and O–H groups in total. The number of rotatable bonds is 3. The lowest BCUT2D eigenvalue weighted by atomic mass is 10.2. The molecule has 0 aliphatic carbocycles. The van der Waals surface area contributed by atoms with E-state index in [1.807, 2.05) is 30.5 Å². The van der Waals surface area contributed by atoms with Crippen LogP contribution in [-0.2, 0) is 7.05 Å². The maximum absolute atomic E-state index is 12.2.